The summed E-state index contributed by atoms with van der Waals surface area (Å²) >= 11 is 0. The van der Waals surface area contributed by atoms with Crippen LogP contribution in [-0.4, -0.2) is 73.4 Å². The number of likely N-dealkylation sites (N-methyl/N-ethyl adjacent to an activating group) is 1. The van der Waals surface area contributed by atoms with Crippen molar-refractivity contribution >= 4 is 13.7 Å². The van der Waals surface area contributed by atoms with E-state index in [2.05, 4.69) is 43.5 Å². The molecule has 0 heterocycles. The van der Waals surface area contributed by atoms with Gasteiger partial charge in [0.2, 0.25) is 5.91 Å². The van der Waals surface area contributed by atoms with E-state index in [1.807, 2.05) is 27.2 Å². The number of phosphoric acid groups is 1. The minimum absolute atomic E-state index is 0.0619. The zero-order chi connectivity index (χ0) is 45.7. The van der Waals surface area contributed by atoms with Gasteiger partial charge >= 0.3 is 7.82 Å². The molecule has 3 atom stereocenters. The quantitative estimate of drug-likeness (QED) is 0.0243. The molecule has 0 aromatic heterocycles. The van der Waals surface area contributed by atoms with Crippen LogP contribution in [0.4, 0.5) is 0 Å². The Labute approximate surface area is 385 Å². The number of amides is 1. The maximum Gasteiger partial charge on any atom is 0.472 e. The summed E-state index contributed by atoms with van der Waals surface area (Å²) in [5.74, 6) is -0.181. The molecule has 0 saturated carbocycles. The molecule has 0 aliphatic rings. The number of hydrogen-bond donors (Lipinski definition) is 3. The lowest BCUT2D eigenvalue weighted by molar-refractivity contribution is -0.870. The van der Waals surface area contributed by atoms with Gasteiger partial charge < -0.3 is 19.8 Å². The maximum atomic E-state index is 12.8. The first-order chi connectivity index (χ1) is 30.0. The first kappa shape index (κ1) is 60.7. The number of aliphatic hydroxyl groups excluding tert-OH is 1. The van der Waals surface area contributed by atoms with Crippen molar-refractivity contribution in [3.05, 3.63) is 36.5 Å². The molecule has 8 nitrogen and oxygen atoms in total. The van der Waals surface area contributed by atoms with Gasteiger partial charge in [0.15, 0.2) is 0 Å². The van der Waals surface area contributed by atoms with Crippen LogP contribution in [0.3, 0.4) is 0 Å². The second kappa shape index (κ2) is 44.9. The third-order valence-corrected chi connectivity index (χ3v) is 12.8. The maximum absolute atomic E-state index is 12.8. The Morgan fingerprint density at radius 3 is 1.35 bits per heavy atom. The largest absolute Gasteiger partial charge is 0.472 e. The number of nitrogens with one attached hydrogen (secondary N) is 1. The first-order valence-electron chi connectivity index (χ1n) is 26.4. The summed E-state index contributed by atoms with van der Waals surface area (Å²) in [4.78, 5) is 23.0. The number of quaternary nitrogens is 1. The number of unbranched alkanes of at least 4 members (excludes halogenated alkanes) is 31. The van der Waals surface area contributed by atoms with Gasteiger partial charge in [-0.05, 0) is 51.4 Å². The van der Waals surface area contributed by atoms with E-state index in [0.29, 0.717) is 17.4 Å². The van der Waals surface area contributed by atoms with E-state index in [4.69, 9.17) is 9.05 Å². The number of carbonyl (C=O) groups excluding carboxylic acids is 1. The number of aliphatic hydroxyl groups is 1. The number of phosphoric ester groups is 1. The van der Waals surface area contributed by atoms with E-state index in [0.717, 1.165) is 51.4 Å². The van der Waals surface area contributed by atoms with Crippen LogP contribution in [0.25, 0.3) is 0 Å². The monoisotopic (exact) mass is 896 g/mol. The standard InChI is InChI=1S/C53H103N2O6P/c1-6-8-10-12-13-14-15-16-17-18-19-20-21-22-23-24-25-26-27-28-29-30-31-32-33-34-35-36-37-38-39-40-41-43-45-47-53(57)54-51(52(56)46-44-42-11-9-7-2)50-61-62(58,59)60-49-48-55(3,4)5/h15-16,18-19,44,46,51-52,56H,6-14,17,20-43,45,47-50H2,1-5H3,(H-,54,57,58,59)/p+1/b16-15-,19-18-,46-44+. The van der Waals surface area contributed by atoms with Crippen molar-refractivity contribution in [2.45, 2.75) is 257 Å². The molecule has 0 aliphatic heterocycles. The van der Waals surface area contributed by atoms with Crippen molar-refractivity contribution in [3.63, 3.8) is 0 Å². The Kier molecular flexibility index (Phi) is 44.0. The summed E-state index contributed by atoms with van der Waals surface area (Å²) < 4.78 is 23.4. The summed E-state index contributed by atoms with van der Waals surface area (Å²) in [7, 11) is 1.57. The Hall–Kier alpha value is -1.28. The van der Waals surface area contributed by atoms with Crippen LogP contribution < -0.4 is 5.32 Å². The predicted octanol–water partition coefficient (Wildman–Crippen LogP) is 15.4. The molecule has 3 unspecified atom stereocenters. The van der Waals surface area contributed by atoms with Crippen LogP contribution in [0, 0.1) is 0 Å². The molecule has 62 heavy (non-hydrogen) atoms. The second-order valence-electron chi connectivity index (χ2n) is 19.3. The molecule has 0 aromatic carbocycles. The third kappa shape index (κ3) is 46.7. The highest BCUT2D eigenvalue weighted by molar-refractivity contribution is 7.47. The van der Waals surface area contributed by atoms with E-state index in [1.54, 1.807) is 6.08 Å². The van der Waals surface area contributed by atoms with E-state index in [9.17, 15) is 19.4 Å². The van der Waals surface area contributed by atoms with Crippen LogP contribution in [0.2, 0.25) is 0 Å². The molecule has 366 valence electrons. The molecule has 0 aromatic rings. The fourth-order valence-corrected chi connectivity index (χ4v) is 8.40. The lowest BCUT2D eigenvalue weighted by atomic mass is 10.0. The summed E-state index contributed by atoms with van der Waals surface area (Å²) in [6.07, 6.45) is 57.4. The van der Waals surface area contributed by atoms with Gasteiger partial charge in [0, 0.05) is 6.42 Å². The number of hydrogen-bond acceptors (Lipinski definition) is 5. The molecule has 1 amide bonds. The highest BCUT2D eigenvalue weighted by Gasteiger charge is 2.27. The van der Waals surface area contributed by atoms with Crippen LogP contribution in [0.5, 0.6) is 0 Å². The van der Waals surface area contributed by atoms with Crippen LogP contribution in [0.1, 0.15) is 245 Å². The van der Waals surface area contributed by atoms with E-state index < -0.39 is 20.0 Å². The van der Waals surface area contributed by atoms with Gasteiger partial charge in [0.05, 0.1) is 39.9 Å². The highest BCUT2D eigenvalue weighted by atomic mass is 31.2. The second-order valence-corrected chi connectivity index (χ2v) is 20.7. The summed E-state index contributed by atoms with van der Waals surface area (Å²) in [6.45, 7) is 4.70. The minimum atomic E-state index is -4.32. The Morgan fingerprint density at radius 1 is 0.548 bits per heavy atom. The smallest absolute Gasteiger partial charge is 0.387 e. The van der Waals surface area contributed by atoms with Crippen molar-refractivity contribution < 1.29 is 32.9 Å². The van der Waals surface area contributed by atoms with Gasteiger partial charge in [-0.1, -0.05) is 224 Å². The fraction of sp³-hybridized carbons (Fsp3) is 0.868. The van der Waals surface area contributed by atoms with Crippen LogP contribution in [-0.2, 0) is 18.4 Å². The van der Waals surface area contributed by atoms with Gasteiger partial charge in [-0.15, -0.1) is 0 Å². The van der Waals surface area contributed by atoms with Gasteiger partial charge in [0.1, 0.15) is 13.2 Å². The first-order valence-corrected chi connectivity index (χ1v) is 27.9. The fourth-order valence-electron chi connectivity index (χ4n) is 7.66. The van der Waals surface area contributed by atoms with Gasteiger partial charge in [0.25, 0.3) is 0 Å². The summed E-state index contributed by atoms with van der Waals surface area (Å²) in [5.41, 5.74) is 0. The van der Waals surface area contributed by atoms with Gasteiger partial charge in [-0.2, -0.15) is 0 Å². The lowest BCUT2D eigenvalue weighted by Crippen LogP contribution is -2.45. The molecule has 9 heteroatoms. The Balaban J connectivity index is 3.74. The Bertz CT molecular complexity index is 1110. The lowest BCUT2D eigenvalue weighted by Gasteiger charge is -2.25. The van der Waals surface area contributed by atoms with Crippen molar-refractivity contribution in [2.24, 2.45) is 0 Å². The van der Waals surface area contributed by atoms with Gasteiger partial charge in [-0.25, -0.2) is 4.57 Å². The number of allylic oxidation sites excluding steroid dienone is 5. The third-order valence-electron chi connectivity index (χ3n) is 11.9. The molecular weight excluding hydrogens is 792 g/mol. The Morgan fingerprint density at radius 2 is 0.919 bits per heavy atom. The van der Waals surface area contributed by atoms with Crippen LogP contribution >= 0.6 is 7.82 Å². The average molecular weight is 896 g/mol. The molecule has 0 radical (unpaired) electrons. The molecule has 0 bridgehead atoms. The normalized spacial score (nSPS) is 14.4. The van der Waals surface area contributed by atoms with Crippen molar-refractivity contribution in [1.29, 1.82) is 0 Å². The number of rotatable bonds is 48. The van der Waals surface area contributed by atoms with Crippen molar-refractivity contribution in [1.82, 2.24) is 5.32 Å². The van der Waals surface area contributed by atoms with Crippen LogP contribution in [0.15, 0.2) is 36.5 Å². The number of nitrogens with zero attached hydrogens (tertiary/aromatic N) is 1. The summed E-state index contributed by atoms with van der Waals surface area (Å²) in [5, 5.41) is 13.6. The molecule has 0 fully saturated rings. The van der Waals surface area contributed by atoms with E-state index >= 15 is 0 Å². The van der Waals surface area contributed by atoms with Crippen molar-refractivity contribution in [3.8, 4) is 0 Å². The molecular formula is C53H104N2O6P+. The zero-order valence-corrected chi connectivity index (χ0v) is 42.5. The molecule has 0 saturated heterocycles. The van der Waals surface area contributed by atoms with Crippen molar-refractivity contribution in [2.75, 3.05) is 40.9 Å². The zero-order valence-electron chi connectivity index (χ0n) is 41.6. The minimum Gasteiger partial charge on any atom is -0.387 e. The number of carbonyl (C=O) groups is 1. The van der Waals surface area contributed by atoms with E-state index in [1.165, 1.54) is 173 Å². The predicted molar refractivity (Wildman–Crippen MR) is 268 cm³/mol. The van der Waals surface area contributed by atoms with Gasteiger partial charge in [-0.3, -0.25) is 13.8 Å². The van der Waals surface area contributed by atoms with E-state index in [-0.39, 0.29) is 19.1 Å². The average Bonchev–Trinajstić information content (AvgIpc) is 3.23. The molecule has 3 N–H and O–H groups in total. The topological polar surface area (TPSA) is 105 Å². The highest BCUT2D eigenvalue weighted by Crippen LogP contribution is 2.43. The molecule has 0 aliphatic carbocycles. The molecule has 0 rings (SSSR count). The SMILES string of the molecule is CCCCC/C=C/C(O)C(COP(=O)(O)OCC[N+](C)(C)C)NC(=O)CCCCCCCCCCCCCCCCCCCCCCCCC/C=C\C/C=C\CCCCCCC. The summed E-state index contributed by atoms with van der Waals surface area (Å²) in [6, 6.07) is -0.840. The molecule has 0 spiro atoms.